The maximum Gasteiger partial charge on any atom is 0.355 e. The highest BCUT2D eigenvalue weighted by Gasteiger charge is 2.21. The highest BCUT2D eigenvalue weighted by molar-refractivity contribution is 6.10. The average molecular weight is 373 g/mol. The number of phenolic OH excluding ortho intramolecular Hbond substituents is 1. The smallest absolute Gasteiger partial charge is 0.355 e. The molecule has 2 aromatic rings. The summed E-state index contributed by atoms with van der Waals surface area (Å²) in [5.41, 5.74) is 2.45. The largest absolute Gasteiger partial charge is 0.502 e. The van der Waals surface area contributed by atoms with Crippen LogP contribution < -0.4 is 9.47 Å². The highest BCUT2D eigenvalue weighted by atomic mass is 16.5. The van der Waals surface area contributed by atoms with Crippen LogP contribution in [-0.4, -0.2) is 42.7 Å². The van der Waals surface area contributed by atoms with Gasteiger partial charge in [0.2, 0.25) is 5.75 Å². The second-order valence-corrected chi connectivity index (χ2v) is 5.82. The van der Waals surface area contributed by atoms with Crippen LogP contribution in [0.2, 0.25) is 0 Å². The van der Waals surface area contributed by atoms with E-state index >= 15 is 0 Å². The number of hydrogen-bond donors (Lipinski definition) is 2. The Morgan fingerprint density at radius 3 is 2.26 bits per heavy atom. The number of rotatable bonds is 7. The normalized spacial score (nSPS) is 10.9. The first-order valence-electron chi connectivity index (χ1n) is 8.37. The predicted octanol–water partition coefficient (Wildman–Crippen LogP) is 3.43. The number of nitrogens with one attached hydrogen (secondary N) is 1. The summed E-state index contributed by atoms with van der Waals surface area (Å²) in [6, 6.07) is 3.17. The number of aromatic nitrogens is 1. The van der Waals surface area contributed by atoms with E-state index in [-0.39, 0.29) is 35.3 Å². The Labute approximate surface area is 157 Å². The van der Waals surface area contributed by atoms with E-state index in [0.717, 1.165) is 0 Å². The van der Waals surface area contributed by atoms with E-state index in [1.807, 2.05) is 0 Å². The van der Waals surface area contributed by atoms with Crippen LogP contribution in [-0.2, 0) is 4.74 Å². The summed E-state index contributed by atoms with van der Waals surface area (Å²) in [6.45, 7) is 5.40. The number of esters is 1. The molecule has 144 valence electrons. The summed E-state index contributed by atoms with van der Waals surface area (Å²) < 4.78 is 15.2. The zero-order valence-electron chi connectivity index (χ0n) is 16.0. The number of allylic oxidation sites excluding steroid dienone is 1. The van der Waals surface area contributed by atoms with Crippen molar-refractivity contribution in [2.45, 2.75) is 20.8 Å². The molecule has 7 heteroatoms. The van der Waals surface area contributed by atoms with Crippen molar-refractivity contribution in [1.29, 1.82) is 0 Å². The summed E-state index contributed by atoms with van der Waals surface area (Å²) in [5.74, 6) is -0.392. The number of methoxy groups -OCH3 is 2. The Morgan fingerprint density at radius 1 is 1.15 bits per heavy atom. The number of aromatic hydroxyl groups is 1. The number of phenols is 1. The van der Waals surface area contributed by atoms with Crippen molar-refractivity contribution >= 4 is 17.8 Å². The molecule has 0 bridgehead atoms. The number of ketones is 1. The third kappa shape index (κ3) is 4.13. The van der Waals surface area contributed by atoms with Crippen LogP contribution in [0.1, 0.15) is 44.6 Å². The number of H-pyrrole nitrogens is 1. The van der Waals surface area contributed by atoms with Crippen LogP contribution in [0.25, 0.3) is 6.08 Å². The van der Waals surface area contributed by atoms with Crippen LogP contribution >= 0.6 is 0 Å². The van der Waals surface area contributed by atoms with Gasteiger partial charge >= 0.3 is 5.97 Å². The molecule has 2 rings (SSSR count). The van der Waals surface area contributed by atoms with E-state index in [9.17, 15) is 14.7 Å². The van der Waals surface area contributed by atoms with Crippen LogP contribution in [0.4, 0.5) is 0 Å². The summed E-state index contributed by atoms with van der Waals surface area (Å²) >= 11 is 0. The third-order valence-electron chi connectivity index (χ3n) is 4.09. The first kappa shape index (κ1) is 20.1. The Bertz CT molecular complexity index is 869. The Kier molecular flexibility index (Phi) is 6.28. The molecular formula is C20H23NO6. The van der Waals surface area contributed by atoms with Crippen molar-refractivity contribution in [2.24, 2.45) is 0 Å². The van der Waals surface area contributed by atoms with Gasteiger partial charge in [0, 0.05) is 11.3 Å². The maximum absolute atomic E-state index is 12.7. The van der Waals surface area contributed by atoms with Crippen molar-refractivity contribution < 1.29 is 28.9 Å². The first-order chi connectivity index (χ1) is 12.8. The quantitative estimate of drug-likeness (QED) is 0.438. The fourth-order valence-corrected chi connectivity index (χ4v) is 2.79. The second-order valence-electron chi connectivity index (χ2n) is 5.82. The van der Waals surface area contributed by atoms with E-state index in [0.29, 0.717) is 22.4 Å². The zero-order chi connectivity index (χ0) is 20.1. The average Bonchev–Trinajstić information content (AvgIpc) is 2.95. The van der Waals surface area contributed by atoms with Crippen LogP contribution in [0.15, 0.2) is 18.2 Å². The fourth-order valence-electron chi connectivity index (χ4n) is 2.79. The first-order valence-corrected chi connectivity index (χ1v) is 8.37. The zero-order valence-corrected chi connectivity index (χ0v) is 16.0. The van der Waals surface area contributed by atoms with E-state index in [1.54, 1.807) is 39.0 Å². The van der Waals surface area contributed by atoms with Crippen LogP contribution in [0.5, 0.6) is 17.2 Å². The molecule has 0 aliphatic rings. The lowest BCUT2D eigenvalue weighted by atomic mass is 10.0. The molecule has 27 heavy (non-hydrogen) atoms. The lowest BCUT2D eigenvalue weighted by molar-refractivity contribution is 0.0519. The van der Waals surface area contributed by atoms with Gasteiger partial charge in [0.25, 0.3) is 0 Å². The molecule has 0 fully saturated rings. The maximum atomic E-state index is 12.7. The van der Waals surface area contributed by atoms with Gasteiger partial charge in [0.15, 0.2) is 17.3 Å². The number of ether oxygens (including phenoxy) is 3. The predicted molar refractivity (Wildman–Crippen MR) is 101 cm³/mol. The summed E-state index contributed by atoms with van der Waals surface area (Å²) in [7, 11) is 2.85. The molecule has 0 saturated carbocycles. The number of hydrogen-bond acceptors (Lipinski definition) is 6. The minimum absolute atomic E-state index is 0.111. The van der Waals surface area contributed by atoms with Gasteiger partial charge in [-0.3, -0.25) is 4.79 Å². The third-order valence-corrected chi connectivity index (χ3v) is 4.09. The number of aromatic amines is 1. The number of carbonyl (C=O) groups excluding carboxylic acids is 2. The molecule has 1 aromatic heterocycles. The number of benzene rings is 1. The molecule has 0 aliphatic heterocycles. The van der Waals surface area contributed by atoms with Gasteiger partial charge in [-0.2, -0.15) is 0 Å². The molecule has 0 amide bonds. The monoisotopic (exact) mass is 373 g/mol. The van der Waals surface area contributed by atoms with Crippen molar-refractivity contribution in [3.63, 3.8) is 0 Å². The Morgan fingerprint density at radius 2 is 1.74 bits per heavy atom. The van der Waals surface area contributed by atoms with Gasteiger partial charge in [-0.1, -0.05) is 6.08 Å². The standard InChI is InChI=1S/C20H23NO6/c1-6-27-20(24)18-11(2)17(12(3)21-18)14(22)8-7-13-9-15(25-4)19(23)16(10-13)26-5/h7-10,21,23H,6H2,1-5H3/b8-7+. The highest BCUT2D eigenvalue weighted by Crippen LogP contribution is 2.37. The second kappa shape index (κ2) is 8.44. The summed E-state index contributed by atoms with van der Waals surface area (Å²) in [4.78, 5) is 27.5. The van der Waals surface area contributed by atoms with Gasteiger partial charge in [0.05, 0.1) is 20.8 Å². The summed E-state index contributed by atoms with van der Waals surface area (Å²) in [5, 5.41) is 9.95. The van der Waals surface area contributed by atoms with E-state index in [2.05, 4.69) is 4.98 Å². The Hall–Kier alpha value is -3.22. The molecule has 0 unspecified atom stereocenters. The van der Waals surface area contributed by atoms with E-state index in [4.69, 9.17) is 14.2 Å². The van der Waals surface area contributed by atoms with Gasteiger partial charge in [-0.15, -0.1) is 0 Å². The molecule has 0 aliphatic carbocycles. The van der Waals surface area contributed by atoms with Gasteiger partial charge < -0.3 is 24.3 Å². The lowest BCUT2D eigenvalue weighted by Gasteiger charge is -2.09. The minimum Gasteiger partial charge on any atom is -0.502 e. The molecule has 0 spiro atoms. The topological polar surface area (TPSA) is 97.9 Å². The van der Waals surface area contributed by atoms with Gasteiger partial charge in [0.1, 0.15) is 5.69 Å². The van der Waals surface area contributed by atoms with Crippen LogP contribution in [0, 0.1) is 13.8 Å². The molecule has 0 atom stereocenters. The number of carbonyl (C=O) groups is 2. The van der Waals surface area contributed by atoms with Gasteiger partial charge in [-0.25, -0.2) is 4.79 Å². The van der Waals surface area contributed by atoms with E-state index in [1.165, 1.54) is 20.3 Å². The SMILES string of the molecule is CCOC(=O)c1[nH]c(C)c(C(=O)/C=C/c2cc(OC)c(O)c(OC)c2)c1C. The number of aryl methyl sites for hydroxylation is 1. The molecule has 7 nitrogen and oxygen atoms in total. The van der Waals surface area contributed by atoms with Crippen molar-refractivity contribution in [3.05, 3.63) is 46.3 Å². The molecule has 1 heterocycles. The molecular weight excluding hydrogens is 350 g/mol. The van der Waals surface area contributed by atoms with Crippen molar-refractivity contribution in [1.82, 2.24) is 4.98 Å². The Balaban J connectivity index is 2.34. The molecule has 0 radical (unpaired) electrons. The van der Waals surface area contributed by atoms with Crippen molar-refractivity contribution in [3.8, 4) is 17.2 Å². The summed E-state index contributed by atoms with van der Waals surface area (Å²) in [6.07, 6.45) is 2.98. The molecule has 0 saturated heterocycles. The van der Waals surface area contributed by atoms with E-state index < -0.39 is 5.97 Å². The van der Waals surface area contributed by atoms with Gasteiger partial charge in [-0.05, 0) is 50.1 Å². The minimum atomic E-state index is -0.492. The van der Waals surface area contributed by atoms with Crippen LogP contribution in [0.3, 0.4) is 0 Å². The molecule has 2 N–H and O–H groups in total. The molecule has 1 aromatic carbocycles. The van der Waals surface area contributed by atoms with Crippen molar-refractivity contribution in [2.75, 3.05) is 20.8 Å². The lowest BCUT2D eigenvalue weighted by Crippen LogP contribution is -2.07. The fraction of sp³-hybridized carbons (Fsp3) is 0.300.